The van der Waals surface area contributed by atoms with E-state index in [9.17, 15) is 5.11 Å². The number of aliphatic hydroxyl groups excluding tert-OH is 1. The topological polar surface area (TPSA) is 45.1 Å². The number of pyridine rings is 1. The Hall–Kier alpha value is -0.580. The molecule has 90 valence electrons. The van der Waals surface area contributed by atoms with Crippen LogP contribution in [-0.4, -0.2) is 34.7 Å². The highest BCUT2D eigenvalue weighted by Crippen LogP contribution is 2.05. The third kappa shape index (κ3) is 4.51. The standard InChI is InChI=1S/C12H20N2OS/c1-10-4-3-6-13-12(10)8-14-11(9-15)5-7-16-2/h3-4,6,11,14-15H,5,7-9H2,1-2H3. The third-order valence-electron chi connectivity index (χ3n) is 2.57. The zero-order valence-electron chi connectivity index (χ0n) is 9.94. The SMILES string of the molecule is CSCCC(CO)NCc1ncccc1C. The van der Waals surface area contributed by atoms with Gasteiger partial charge in [0.15, 0.2) is 0 Å². The summed E-state index contributed by atoms with van der Waals surface area (Å²) < 4.78 is 0. The predicted molar refractivity (Wildman–Crippen MR) is 69.7 cm³/mol. The number of aliphatic hydroxyl groups is 1. The van der Waals surface area contributed by atoms with E-state index in [0.29, 0.717) is 0 Å². The maximum Gasteiger partial charge on any atom is 0.0585 e. The molecule has 1 atom stereocenters. The highest BCUT2D eigenvalue weighted by molar-refractivity contribution is 7.98. The van der Waals surface area contributed by atoms with Gasteiger partial charge < -0.3 is 10.4 Å². The van der Waals surface area contributed by atoms with Crippen LogP contribution in [0.4, 0.5) is 0 Å². The summed E-state index contributed by atoms with van der Waals surface area (Å²) in [7, 11) is 0. The van der Waals surface area contributed by atoms with Crippen LogP contribution in [0, 0.1) is 6.92 Å². The van der Waals surface area contributed by atoms with Crippen LogP contribution in [0.5, 0.6) is 0 Å². The number of aromatic nitrogens is 1. The van der Waals surface area contributed by atoms with Crippen LogP contribution in [0.2, 0.25) is 0 Å². The molecular weight excluding hydrogens is 220 g/mol. The van der Waals surface area contributed by atoms with Gasteiger partial charge in [0.1, 0.15) is 0 Å². The van der Waals surface area contributed by atoms with Crippen molar-refractivity contribution in [2.24, 2.45) is 0 Å². The van der Waals surface area contributed by atoms with Gasteiger partial charge in [0.25, 0.3) is 0 Å². The second kappa shape index (κ2) is 7.65. The first-order valence-electron chi connectivity index (χ1n) is 5.51. The first-order chi connectivity index (χ1) is 7.77. The second-order valence-electron chi connectivity index (χ2n) is 3.81. The van der Waals surface area contributed by atoms with E-state index >= 15 is 0 Å². The van der Waals surface area contributed by atoms with Gasteiger partial charge in [-0.25, -0.2) is 0 Å². The molecule has 0 bridgehead atoms. The Labute approximate surface area is 102 Å². The predicted octanol–water partition coefficient (Wildman–Crippen LogP) is 1.59. The van der Waals surface area contributed by atoms with Gasteiger partial charge in [0.2, 0.25) is 0 Å². The highest BCUT2D eigenvalue weighted by Gasteiger charge is 2.07. The van der Waals surface area contributed by atoms with Crippen molar-refractivity contribution < 1.29 is 5.11 Å². The molecule has 4 heteroatoms. The third-order valence-corrected chi connectivity index (χ3v) is 3.21. The Bertz CT molecular complexity index is 307. The van der Waals surface area contributed by atoms with Crippen LogP contribution >= 0.6 is 11.8 Å². The van der Waals surface area contributed by atoms with E-state index < -0.39 is 0 Å². The first kappa shape index (κ1) is 13.5. The number of aryl methyl sites for hydroxylation is 1. The Morgan fingerprint density at radius 2 is 2.38 bits per heavy atom. The van der Waals surface area contributed by atoms with Crippen LogP contribution in [-0.2, 0) is 6.54 Å². The van der Waals surface area contributed by atoms with E-state index in [2.05, 4.69) is 29.5 Å². The molecule has 0 amide bonds. The maximum absolute atomic E-state index is 9.21. The molecule has 1 aromatic heterocycles. The van der Waals surface area contributed by atoms with E-state index in [4.69, 9.17) is 0 Å². The minimum atomic E-state index is 0.175. The average molecular weight is 240 g/mol. The molecule has 3 nitrogen and oxygen atoms in total. The zero-order chi connectivity index (χ0) is 11.8. The molecule has 0 spiro atoms. The van der Waals surface area contributed by atoms with Gasteiger partial charge >= 0.3 is 0 Å². The van der Waals surface area contributed by atoms with Crippen molar-refractivity contribution in [3.8, 4) is 0 Å². The molecular formula is C12H20N2OS. The number of hydrogen-bond donors (Lipinski definition) is 2. The lowest BCUT2D eigenvalue weighted by Crippen LogP contribution is -2.33. The smallest absolute Gasteiger partial charge is 0.0585 e. The molecule has 1 aromatic rings. The van der Waals surface area contributed by atoms with Crippen LogP contribution in [0.25, 0.3) is 0 Å². The molecule has 0 aliphatic carbocycles. The van der Waals surface area contributed by atoms with Crippen molar-refractivity contribution >= 4 is 11.8 Å². The average Bonchev–Trinajstić information content (AvgIpc) is 2.31. The monoisotopic (exact) mass is 240 g/mol. The van der Waals surface area contributed by atoms with Crippen LogP contribution in [0.1, 0.15) is 17.7 Å². The van der Waals surface area contributed by atoms with E-state index in [1.165, 1.54) is 5.56 Å². The lowest BCUT2D eigenvalue weighted by Gasteiger charge is -2.15. The number of nitrogens with one attached hydrogen (secondary N) is 1. The van der Waals surface area contributed by atoms with E-state index in [1.54, 1.807) is 18.0 Å². The Morgan fingerprint density at radius 3 is 3.00 bits per heavy atom. The minimum absolute atomic E-state index is 0.175. The van der Waals surface area contributed by atoms with Crippen LogP contribution < -0.4 is 5.32 Å². The van der Waals surface area contributed by atoms with Gasteiger partial charge in [-0.05, 0) is 37.0 Å². The summed E-state index contributed by atoms with van der Waals surface area (Å²) in [6.45, 7) is 2.97. The first-order valence-corrected chi connectivity index (χ1v) is 6.91. The largest absolute Gasteiger partial charge is 0.395 e. The number of thioether (sulfide) groups is 1. The Kier molecular flexibility index (Phi) is 6.45. The lowest BCUT2D eigenvalue weighted by molar-refractivity contribution is 0.238. The van der Waals surface area contributed by atoms with Crippen molar-refractivity contribution in [2.45, 2.75) is 25.9 Å². The molecule has 0 fully saturated rings. The molecule has 2 N–H and O–H groups in total. The molecule has 0 aliphatic heterocycles. The minimum Gasteiger partial charge on any atom is -0.395 e. The molecule has 16 heavy (non-hydrogen) atoms. The van der Waals surface area contributed by atoms with Gasteiger partial charge in [-0.15, -0.1) is 0 Å². The molecule has 0 saturated carbocycles. The summed E-state index contributed by atoms with van der Waals surface area (Å²) in [5.74, 6) is 1.07. The van der Waals surface area contributed by atoms with Gasteiger partial charge in [-0.3, -0.25) is 4.98 Å². The highest BCUT2D eigenvalue weighted by atomic mass is 32.2. The number of rotatable bonds is 7. The van der Waals surface area contributed by atoms with Gasteiger partial charge in [-0.2, -0.15) is 11.8 Å². The van der Waals surface area contributed by atoms with Gasteiger partial charge in [0.05, 0.1) is 12.3 Å². The van der Waals surface area contributed by atoms with E-state index in [-0.39, 0.29) is 12.6 Å². The summed E-state index contributed by atoms with van der Waals surface area (Å²) in [4.78, 5) is 4.32. The van der Waals surface area contributed by atoms with Crippen molar-refractivity contribution in [2.75, 3.05) is 18.6 Å². The Morgan fingerprint density at radius 1 is 1.56 bits per heavy atom. The van der Waals surface area contributed by atoms with Crippen molar-refractivity contribution in [1.82, 2.24) is 10.3 Å². The summed E-state index contributed by atoms with van der Waals surface area (Å²) in [5.41, 5.74) is 2.25. The fourth-order valence-electron chi connectivity index (χ4n) is 1.46. The molecule has 0 aromatic carbocycles. The van der Waals surface area contributed by atoms with E-state index in [0.717, 1.165) is 24.4 Å². The fourth-order valence-corrected chi connectivity index (χ4v) is 1.98. The fraction of sp³-hybridized carbons (Fsp3) is 0.583. The Balaban J connectivity index is 2.40. The second-order valence-corrected chi connectivity index (χ2v) is 4.79. The van der Waals surface area contributed by atoms with Crippen molar-refractivity contribution in [1.29, 1.82) is 0 Å². The normalized spacial score (nSPS) is 12.7. The molecule has 0 aliphatic rings. The van der Waals surface area contributed by atoms with Crippen molar-refractivity contribution in [3.05, 3.63) is 29.6 Å². The molecule has 1 heterocycles. The summed E-state index contributed by atoms with van der Waals surface area (Å²) >= 11 is 1.80. The lowest BCUT2D eigenvalue weighted by atomic mass is 10.2. The van der Waals surface area contributed by atoms with E-state index in [1.807, 2.05) is 6.07 Å². The zero-order valence-corrected chi connectivity index (χ0v) is 10.8. The summed E-state index contributed by atoms with van der Waals surface area (Å²) in [6, 6.07) is 4.17. The molecule has 0 radical (unpaired) electrons. The van der Waals surface area contributed by atoms with Gasteiger partial charge in [-0.1, -0.05) is 6.07 Å². The maximum atomic E-state index is 9.21. The quantitative estimate of drug-likeness (QED) is 0.760. The summed E-state index contributed by atoms with van der Waals surface area (Å²) in [6.07, 6.45) is 4.88. The number of nitrogens with zero attached hydrogens (tertiary/aromatic N) is 1. The summed E-state index contributed by atoms with van der Waals surface area (Å²) in [5, 5.41) is 12.5. The van der Waals surface area contributed by atoms with Crippen molar-refractivity contribution in [3.63, 3.8) is 0 Å². The van der Waals surface area contributed by atoms with Crippen LogP contribution in [0.3, 0.4) is 0 Å². The van der Waals surface area contributed by atoms with Crippen LogP contribution in [0.15, 0.2) is 18.3 Å². The molecule has 1 rings (SSSR count). The molecule has 0 saturated heterocycles. The molecule has 1 unspecified atom stereocenters. The number of hydrogen-bond acceptors (Lipinski definition) is 4. The van der Waals surface area contributed by atoms with Gasteiger partial charge in [0, 0.05) is 18.8 Å².